The first kappa shape index (κ1) is 21.3. The molecule has 0 aromatic heterocycles. The van der Waals surface area contributed by atoms with E-state index in [-0.39, 0.29) is 29.1 Å². The molecule has 0 spiro atoms. The molecule has 1 aliphatic rings. The summed E-state index contributed by atoms with van der Waals surface area (Å²) in [4.78, 5) is 30.5. The monoisotopic (exact) mass is 439 g/mol. The van der Waals surface area contributed by atoms with Gasteiger partial charge in [0.05, 0.1) is 22.2 Å². The van der Waals surface area contributed by atoms with Crippen molar-refractivity contribution >= 4 is 30.6 Å². The molecule has 2 aromatic carbocycles. The maximum Gasteiger partial charge on any atom is 0.359 e. The molecule has 154 valence electrons. The lowest BCUT2D eigenvalue weighted by Crippen LogP contribution is -2.38. The Morgan fingerprint density at radius 2 is 1.83 bits per heavy atom. The molecule has 29 heavy (non-hydrogen) atoms. The summed E-state index contributed by atoms with van der Waals surface area (Å²) in [7, 11) is -3.01. The average molecular weight is 440 g/mol. The Bertz CT molecular complexity index is 1010. The first-order valence-corrected chi connectivity index (χ1v) is 10.5. The van der Waals surface area contributed by atoms with Gasteiger partial charge in [0.25, 0.3) is 5.69 Å². The van der Waals surface area contributed by atoms with E-state index in [1.54, 1.807) is 49.3 Å². The molecule has 0 bridgehead atoms. The summed E-state index contributed by atoms with van der Waals surface area (Å²) in [5.41, 5.74) is 0.723. The second-order valence-electron chi connectivity index (χ2n) is 6.45. The largest absolute Gasteiger partial charge is 0.472 e. The van der Waals surface area contributed by atoms with Crippen molar-refractivity contribution in [2.45, 2.75) is 19.6 Å². The summed E-state index contributed by atoms with van der Waals surface area (Å²) in [6, 6.07) is 12.0. The minimum atomic E-state index is -4.67. The molecule has 0 saturated heterocycles. The van der Waals surface area contributed by atoms with Gasteiger partial charge in [0.2, 0.25) is 5.88 Å². The number of anilines is 1. The van der Waals surface area contributed by atoms with Crippen LogP contribution in [0.15, 0.2) is 59.7 Å². The number of nitrogens with zero attached hydrogens (tertiary/aromatic N) is 3. The van der Waals surface area contributed by atoms with Crippen LogP contribution in [0.2, 0.25) is 5.02 Å². The first-order chi connectivity index (χ1) is 13.6. The van der Waals surface area contributed by atoms with E-state index in [9.17, 15) is 24.5 Å². The zero-order valence-electron chi connectivity index (χ0n) is 15.6. The Hall–Kier alpha value is -2.42. The number of hydrazine groups is 1. The van der Waals surface area contributed by atoms with Crippen LogP contribution in [-0.4, -0.2) is 32.8 Å². The number of ether oxygens (including phenoxy) is 1. The topological polar surface area (TPSA) is 116 Å². The number of nitro benzene ring substituents is 1. The van der Waals surface area contributed by atoms with Crippen molar-refractivity contribution in [1.29, 1.82) is 0 Å². The highest BCUT2D eigenvalue weighted by atomic mass is 35.5. The second-order valence-corrected chi connectivity index (χ2v) is 8.45. The standard InChI is InChI=1S/C18H19ClN3O6P/c1-12-17(29(25,26)27)18(21(20(12)2)15-9-7-14(19)8-10-15)28-11-13-5-3-4-6-16(13)22(23)24/h3-10,12H,11H2,1-2H3,(H2,25,26,27). The maximum atomic E-state index is 12.2. The molecule has 11 heteroatoms. The zero-order chi connectivity index (χ0) is 21.3. The number of hydrogen-bond acceptors (Lipinski definition) is 6. The highest BCUT2D eigenvalue weighted by Crippen LogP contribution is 2.54. The van der Waals surface area contributed by atoms with Crippen molar-refractivity contribution in [3.8, 4) is 0 Å². The van der Waals surface area contributed by atoms with Gasteiger partial charge in [-0.3, -0.25) is 14.7 Å². The molecule has 1 unspecified atom stereocenters. The molecule has 0 saturated carbocycles. The summed E-state index contributed by atoms with van der Waals surface area (Å²) >= 11 is 5.95. The van der Waals surface area contributed by atoms with Crippen molar-refractivity contribution in [2.24, 2.45) is 0 Å². The summed E-state index contributed by atoms with van der Waals surface area (Å²) in [5.74, 6) is -0.0613. The average Bonchev–Trinajstić information content (AvgIpc) is 2.91. The predicted octanol–water partition coefficient (Wildman–Crippen LogP) is 3.87. The van der Waals surface area contributed by atoms with Gasteiger partial charge in [-0.2, -0.15) is 0 Å². The number of nitro groups is 1. The van der Waals surface area contributed by atoms with Crippen molar-refractivity contribution in [1.82, 2.24) is 5.01 Å². The van der Waals surface area contributed by atoms with Gasteiger partial charge in [0.1, 0.15) is 11.9 Å². The molecule has 2 N–H and O–H groups in total. The third-order valence-corrected chi connectivity index (χ3v) is 6.07. The molecule has 0 radical (unpaired) electrons. The van der Waals surface area contributed by atoms with Crippen LogP contribution in [0.4, 0.5) is 11.4 Å². The van der Waals surface area contributed by atoms with Gasteiger partial charge in [-0.1, -0.05) is 23.7 Å². The molecule has 0 fully saturated rings. The third-order valence-electron chi connectivity index (χ3n) is 4.62. The summed E-state index contributed by atoms with van der Waals surface area (Å²) in [6.45, 7) is 1.40. The van der Waals surface area contributed by atoms with Gasteiger partial charge in [-0.25, -0.2) is 10.0 Å². The minimum absolute atomic E-state index is 0.0613. The van der Waals surface area contributed by atoms with Gasteiger partial charge in [-0.05, 0) is 37.3 Å². The normalized spacial score (nSPS) is 17.7. The lowest BCUT2D eigenvalue weighted by molar-refractivity contribution is -0.385. The smallest absolute Gasteiger partial charge is 0.359 e. The maximum absolute atomic E-state index is 12.2. The van der Waals surface area contributed by atoms with Crippen LogP contribution in [0.5, 0.6) is 0 Å². The van der Waals surface area contributed by atoms with E-state index in [0.717, 1.165) is 0 Å². The lowest BCUT2D eigenvalue weighted by Gasteiger charge is -2.30. The van der Waals surface area contributed by atoms with Crippen LogP contribution >= 0.6 is 19.2 Å². The number of benzene rings is 2. The fourth-order valence-electron chi connectivity index (χ4n) is 3.12. The van der Waals surface area contributed by atoms with Crippen LogP contribution in [0.25, 0.3) is 0 Å². The second kappa shape index (κ2) is 8.14. The van der Waals surface area contributed by atoms with Gasteiger partial charge < -0.3 is 14.5 Å². The van der Waals surface area contributed by atoms with E-state index >= 15 is 0 Å². The highest BCUT2D eigenvalue weighted by Gasteiger charge is 2.44. The van der Waals surface area contributed by atoms with Gasteiger partial charge in [-0.15, -0.1) is 0 Å². The van der Waals surface area contributed by atoms with Gasteiger partial charge in [0.15, 0.2) is 0 Å². The molecule has 0 aliphatic carbocycles. The van der Waals surface area contributed by atoms with Crippen LogP contribution in [0, 0.1) is 10.1 Å². The molecule has 1 aliphatic heterocycles. The Kier molecular flexibility index (Phi) is 5.97. The Labute approximate surface area is 172 Å². The van der Waals surface area contributed by atoms with Crippen molar-refractivity contribution in [2.75, 3.05) is 12.1 Å². The Morgan fingerprint density at radius 3 is 2.41 bits per heavy atom. The number of hydrogen-bond donors (Lipinski definition) is 2. The van der Waals surface area contributed by atoms with E-state index < -0.39 is 18.6 Å². The molecule has 1 atom stereocenters. The van der Waals surface area contributed by atoms with E-state index in [2.05, 4.69) is 0 Å². The SMILES string of the molecule is CC1C(P(=O)(O)O)=C(OCc2ccccc2[N+](=O)[O-])N(c2ccc(Cl)cc2)N1C. The van der Waals surface area contributed by atoms with Crippen molar-refractivity contribution in [3.05, 3.63) is 80.4 Å². The van der Waals surface area contributed by atoms with E-state index in [0.29, 0.717) is 10.7 Å². The molecule has 9 nitrogen and oxygen atoms in total. The number of rotatable bonds is 6. The molecular weight excluding hydrogens is 421 g/mol. The summed E-state index contributed by atoms with van der Waals surface area (Å²) < 4.78 is 18.0. The zero-order valence-corrected chi connectivity index (χ0v) is 17.2. The Balaban J connectivity index is 2.04. The van der Waals surface area contributed by atoms with Crippen molar-refractivity contribution < 1.29 is 24.0 Å². The molecule has 1 heterocycles. The molecule has 3 rings (SSSR count). The lowest BCUT2D eigenvalue weighted by atomic mass is 10.2. The molecule has 0 amide bonds. The number of para-hydroxylation sites is 1. The Morgan fingerprint density at radius 1 is 1.21 bits per heavy atom. The van der Waals surface area contributed by atoms with Crippen LogP contribution in [0.1, 0.15) is 12.5 Å². The van der Waals surface area contributed by atoms with E-state index in [1.807, 2.05) is 0 Å². The van der Waals surface area contributed by atoms with E-state index in [1.165, 1.54) is 23.2 Å². The van der Waals surface area contributed by atoms with Gasteiger partial charge in [0, 0.05) is 18.1 Å². The summed E-state index contributed by atoms with van der Waals surface area (Å²) in [5, 5.41) is 14.7. The van der Waals surface area contributed by atoms with Crippen LogP contribution < -0.4 is 5.01 Å². The minimum Gasteiger partial charge on any atom is -0.472 e. The fraction of sp³-hybridized carbons (Fsp3) is 0.222. The van der Waals surface area contributed by atoms with Crippen LogP contribution in [0.3, 0.4) is 0 Å². The van der Waals surface area contributed by atoms with Crippen molar-refractivity contribution in [3.63, 3.8) is 0 Å². The predicted molar refractivity (Wildman–Crippen MR) is 108 cm³/mol. The number of halogens is 1. The fourth-order valence-corrected chi connectivity index (χ4v) is 4.31. The number of likely N-dealkylation sites (N-methyl/N-ethyl adjacent to an activating group) is 1. The third kappa shape index (κ3) is 4.29. The van der Waals surface area contributed by atoms with Crippen LogP contribution in [-0.2, 0) is 15.9 Å². The highest BCUT2D eigenvalue weighted by molar-refractivity contribution is 7.56. The quantitative estimate of drug-likeness (QED) is 0.396. The van der Waals surface area contributed by atoms with E-state index in [4.69, 9.17) is 16.3 Å². The first-order valence-electron chi connectivity index (χ1n) is 8.55. The molecule has 2 aromatic rings. The summed E-state index contributed by atoms with van der Waals surface area (Å²) in [6.07, 6.45) is 0. The molecular formula is C18H19ClN3O6P. The van der Waals surface area contributed by atoms with Gasteiger partial charge >= 0.3 is 7.60 Å².